The number of aryl methyl sites for hydroxylation is 1. The molecule has 1 amide bonds. The van der Waals surface area contributed by atoms with Crippen molar-refractivity contribution in [2.75, 3.05) is 5.32 Å². The highest BCUT2D eigenvalue weighted by Gasteiger charge is 2.07. The third-order valence-corrected chi connectivity index (χ3v) is 3.83. The Morgan fingerprint density at radius 2 is 1.92 bits per heavy atom. The number of aromatic nitrogens is 2. The van der Waals surface area contributed by atoms with Gasteiger partial charge in [0.2, 0.25) is 11.3 Å². The zero-order valence-electron chi connectivity index (χ0n) is 13.5. The number of benzene rings is 2. The number of hydrogen-bond acceptors (Lipinski definition) is 4. The van der Waals surface area contributed by atoms with Gasteiger partial charge in [0.1, 0.15) is 0 Å². The van der Waals surface area contributed by atoms with E-state index < -0.39 is 0 Å². The summed E-state index contributed by atoms with van der Waals surface area (Å²) in [5.41, 5.74) is 2.17. The molecule has 6 heteroatoms. The van der Waals surface area contributed by atoms with E-state index in [1.165, 1.54) is 6.20 Å². The van der Waals surface area contributed by atoms with Crippen molar-refractivity contribution in [3.05, 3.63) is 70.5 Å². The van der Waals surface area contributed by atoms with E-state index in [2.05, 4.69) is 16.5 Å². The highest BCUT2D eigenvalue weighted by atomic mass is 16.1. The standard InChI is InChI=1S/C19H16N4O2/c20-11-9-14-5-7-15(8-6-14)22-19(25)10-12-23-17-4-2-1-3-16(17)18(24)13-21-23/h1-8,13H,9-10,12H2,(H,22,25). The molecule has 1 aromatic heterocycles. The number of fused-ring (bicyclic) bond motifs is 1. The Balaban J connectivity index is 1.66. The Kier molecular flexibility index (Phi) is 4.86. The highest BCUT2D eigenvalue weighted by molar-refractivity contribution is 5.90. The first-order valence-corrected chi connectivity index (χ1v) is 7.88. The number of carbonyl (C=O) groups is 1. The molecule has 2 aromatic carbocycles. The van der Waals surface area contributed by atoms with Gasteiger partial charge in [-0.25, -0.2) is 0 Å². The van der Waals surface area contributed by atoms with Gasteiger partial charge in [0, 0.05) is 17.5 Å². The van der Waals surface area contributed by atoms with Crippen LogP contribution in [0.1, 0.15) is 12.0 Å². The number of amides is 1. The molecule has 0 bridgehead atoms. The third-order valence-electron chi connectivity index (χ3n) is 3.83. The van der Waals surface area contributed by atoms with Gasteiger partial charge in [-0.05, 0) is 29.8 Å². The lowest BCUT2D eigenvalue weighted by molar-refractivity contribution is -0.116. The summed E-state index contributed by atoms with van der Waals surface area (Å²) in [7, 11) is 0. The summed E-state index contributed by atoms with van der Waals surface area (Å²) in [6.45, 7) is 0.374. The smallest absolute Gasteiger partial charge is 0.226 e. The number of rotatable bonds is 5. The van der Waals surface area contributed by atoms with Crippen molar-refractivity contribution in [3.8, 4) is 6.07 Å². The van der Waals surface area contributed by atoms with Crippen LogP contribution in [0.4, 0.5) is 5.69 Å². The number of nitriles is 1. The van der Waals surface area contributed by atoms with Crippen molar-refractivity contribution in [2.24, 2.45) is 0 Å². The van der Waals surface area contributed by atoms with Crippen LogP contribution in [-0.4, -0.2) is 15.7 Å². The first-order chi connectivity index (χ1) is 12.2. The molecule has 0 saturated carbocycles. The minimum absolute atomic E-state index is 0.131. The van der Waals surface area contributed by atoms with E-state index in [0.717, 1.165) is 5.56 Å². The molecule has 0 unspecified atom stereocenters. The first-order valence-electron chi connectivity index (χ1n) is 7.88. The lowest BCUT2D eigenvalue weighted by atomic mass is 10.1. The zero-order valence-corrected chi connectivity index (χ0v) is 13.5. The minimum atomic E-state index is -0.141. The Bertz CT molecular complexity index is 1000. The lowest BCUT2D eigenvalue weighted by Gasteiger charge is -2.09. The summed E-state index contributed by atoms with van der Waals surface area (Å²) < 4.78 is 1.66. The van der Waals surface area contributed by atoms with Crippen LogP contribution in [-0.2, 0) is 17.8 Å². The van der Waals surface area contributed by atoms with Crippen molar-refractivity contribution in [2.45, 2.75) is 19.4 Å². The van der Waals surface area contributed by atoms with Crippen molar-refractivity contribution >= 4 is 22.5 Å². The molecule has 6 nitrogen and oxygen atoms in total. The molecule has 25 heavy (non-hydrogen) atoms. The largest absolute Gasteiger partial charge is 0.326 e. The number of anilines is 1. The van der Waals surface area contributed by atoms with E-state index in [0.29, 0.717) is 29.6 Å². The van der Waals surface area contributed by atoms with Crippen LogP contribution in [0.3, 0.4) is 0 Å². The molecule has 1 N–H and O–H groups in total. The number of carbonyl (C=O) groups excluding carboxylic acids is 1. The fraction of sp³-hybridized carbons (Fsp3) is 0.158. The number of nitrogens with zero attached hydrogens (tertiary/aromatic N) is 3. The maximum atomic E-state index is 12.1. The van der Waals surface area contributed by atoms with Crippen molar-refractivity contribution in [1.82, 2.24) is 9.78 Å². The number of nitrogens with one attached hydrogen (secondary N) is 1. The monoisotopic (exact) mass is 332 g/mol. The molecule has 0 atom stereocenters. The summed E-state index contributed by atoms with van der Waals surface area (Å²) in [5.74, 6) is -0.141. The van der Waals surface area contributed by atoms with Gasteiger partial charge in [-0.15, -0.1) is 0 Å². The predicted octanol–water partition coefficient (Wildman–Crippen LogP) is 2.49. The quantitative estimate of drug-likeness (QED) is 0.777. The molecule has 0 spiro atoms. The second kappa shape index (κ2) is 7.41. The highest BCUT2D eigenvalue weighted by Crippen LogP contribution is 2.11. The molecule has 0 radical (unpaired) electrons. The van der Waals surface area contributed by atoms with Gasteiger partial charge in [0.25, 0.3) is 0 Å². The van der Waals surface area contributed by atoms with Crippen LogP contribution < -0.4 is 10.7 Å². The van der Waals surface area contributed by atoms with Gasteiger partial charge in [0.15, 0.2) is 0 Å². The normalized spacial score (nSPS) is 10.4. The zero-order chi connectivity index (χ0) is 17.6. The van der Waals surface area contributed by atoms with E-state index in [1.807, 2.05) is 24.3 Å². The summed E-state index contributed by atoms with van der Waals surface area (Å²) in [5, 5.41) is 16.2. The molecule has 0 fully saturated rings. The topological polar surface area (TPSA) is 87.8 Å². The van der Waals surface area contributed by atoms with E-state index in [9.17, 15) is 9.59 Å². The summed E-state index contributed by atoms with van der Waals surface area (Å²) in [6, 6.07) is 16.5. The number of para-hydroxylation sites is 1. The van der Waals surface area contributed by atoms with E-state index in [4.69, 9.17) is 5.26 Å². The fourth-order valence-electron chi connectivity index (χ4n) is 2.57. The Morgan fingerprint density at radius 1 is 1.16 bits per heavy atom. The van der Waals surface area contributed by atoms with E-state index >= 15 is 0 Å². The van der Waals surface area contributed by atoms with Gasteiger partial charge in [-0.3, -0.25) is 14.3 Å². The molecular formula is C19H16N4O2. The summed E-state index contributed by atoms with van der Waals surface area (Å²) in [6.07, 6.45) is 1.85. The Morgan fingerprint density at radius 3 is 2.68 bits per heavy atom. The van der Waals surface area contributed by atoms with Crippen LogP contribution >= 0.6 is 0 Å². The maximum Gasteiger partial charge on any atom is 0.226 e. The van der Waals surface area contributed by atoms with E-state index in [1.54, 1.807) is 28.9 Å². The molecule has 124 valence electrons. The van der Waals surface area contributed by atoms with Crippen LogP contribution in [0.15, 0.2) is 59.5 Å². The predicted molar refractivity (Wildman–Crippen MR) is 95.0 cm³/mol. The second-order valence-corrected chi connectivity index (χ2v) is 5.58. The van der Waals surface area contributed by atoms with Crippen molar-refractivity contribution in [1.29, 1.82) is 5.26 Å². The molecule has 0 aliphatic rings. The van der Waals surface area contributed by atoms with Crippen LogP contribution in [0.5, 0.6) is 0 Å². The van der Waals surface area contributed by atoms with Gasteiger partial charge in [-0.1, -0.05) is 24.3 Å². The molecule has 1 heterocycles. The maximum absolute atomic E-state index is 12.1. The molecule has 3 aromatic rings. The Hall–Kier alpha value is -3.46. The summed E-state index contributed by atoms with van der Waals surface area (Å²) in [4.78, 5) is 23.9. The molecule has 0 saturated heterocycles. The number of hydrogen-bond donors (Lipinski definition) is 1. The average molecular weight is 332 g/mol. The van der Waals surface area contributed by atoms with Crippen molar-refractivity contribution in [3.63, 3.8) is 0 Å². The SMILES string of the molecule is N#CCc1ccc(NC(=O)CCn2ncc(=O)c3ccccc32)cc1. The Labute approximate surface area is 144 Å². The van der Waals surface area contributed by atoms with Gasteiger partial charge in [0.05, 0.1) is 30.7 Å². The third kappa shape index (κ3) is 3.90. The van der Waals surface area contributed by atoms with Crippen LogP contribution in [0.2, 0.25) is 0 Å². The average Bonchev–Trinajstić information content (AvgIpc) is 2.63. The van der Waals surface area contributed by atoms with Crippen LogP contribution in [0.25, 0.3) is 10.9 Å². The van der Waals surface area contributed by atoms with Crippen molar-refractivity contribution < 1.29 is 4.79 Å². The minimum Gasteiger partial charge on any atom is -0.326 e. The molecule has 0 aliphatic heterocycles. The lowest BCUT2D eigenvalue weighted by Crippen LogP contribution is -2.18. The van der Waals surface area contributed by atoms with Gasteiger partial charge in [-0.2, -0.15) is 10.4 Å². The molecular weight excluding hydrogens is 316 g/mol. The molecule has 3 rings (SSSR count). The van der Waals surface area contributed by atoms with E-state index in [-0.39, 0.29) is 17.8 Å². The fourth-order valence-corrected chi connectivity index (χ4v) is 2.57. The molecule has 0 aliphatic carbocycles. The summed E-state index contributed by atoms with van der Waals surface area (Å²) >= 11 is 0. The van der Waals surface area contributed by atoms with Crippen LogP contribution in [0, 0.1) is 11.3 Å². The van der Waals surface area contributed by atoms with Gasteiger partial charge >= 0.3 is 0 Å². The first kappa shape index (κ1) is 16.4. The van der Waals surface area contributed by atoms with Gasteiger partial charge < -0.3 is 5.32 Å². The second-order valence-electron chi connectivity index (χ2n) is 5.58.